The van der Waals surface area contributed by atoms with Crippen molar-refractivity contribution in [1.82, 2.24) is 9.88 Å². The fourth-order valence-corrected chi connectivity index (χ4v) is 2.69. The average Bonchev–Trinajstić information content (AvgIpc) is 2.54. The van der Waals surface area contributed by atoms with Gasteiger partial charge in [0.15, 0.2) is 5.76 Å². The summed E-state index contributed by atoms with van der Waals surface area (Å²) in [4.78, 5) is 20.1. The molecule has 2 aromatic heterocycles. The van der Waals surface area contributed by atoms with Gasteiger partial charge in [0.25, 0.3) is 0 Å². The van der Waals surface area contributed by atoms with Crippen LogP contribution in [0.4, 0.5) is 5.69 Å². The first-order valence-electron chi connectivity index (χ1n) is 7.33. The van der Waals surface area contributed by atoms with Gasteiger partial charge >= 0.3 is 0 Å². The van der Waals surface area contributed by atoms with Crippen LogP contribution in [0.25, 0.3) is 0 Å². The summed E-state index contributed by atoms with van der Waals surface area (Å²) >= 11 is 0. The standard InChI is InChI=1S/C16H19N3O3/c1-12-10-14(20)16(21)15(22-12)11-18-6-8-19(9-7-18)13-2-4-17-5-3-13/h2-5,10,21H,6-9,11H2,1H3. The Kier molecular flexibility index (Phi) is 4.11. The maximum atomic E-state index is 11.6. The Morgan fingerprint density at radius 2 is 1.91 bits per heavy atom. The van der Waals surface area contributed by atoms with Gasteiger partial charge in [-0.15, -0.1) is 0 Å². The second kappa shape index (κ2) is 6.19. The van der Waals surface area contributed by atoms with Crippen molar-refractivity contribution in [2.45, 2.75) is 13.5 Å². The van der Waals surface area contributed by atoms with Gasteiger partial charge in [-0.05, 0) is 19.1 Å². The molecule has 116 valence electrons. The quantitative estimate of drug-likeness (QED) is 0.923. The van der Waals surface area contributed by atoms with Crippen LogP contribution < -0.4 is 10.3 Å². The molecule has 0 amide bonds. The molecule has 0 bridgehead atoms. The smallest absolute Gasteiger partial charge is 0.227 e. The Morgan fingerprint density at radius 3 is 2.59 bits per heavy atom. The van der Waals surface area contributed by atoms with Crippen molar-refractivity contribution in [3.8, 4) is 5.75 Å². The minimum absolute atomic E-state index is 0.276. The molecule has 0 spiro atoms. The third-order valence-electron chi connectivity index (χ3n) is 3.88. The maximum Gasteiger partial charge on any atom is 0.227 e. The molecule has 1 fully saturated rings. The highest BCUT2D eigenvalue weighted by Crippen LogP contribution is 2.19. The highest BCUT2D eigenvalue weighted by molar-refractivity contribution is 5.45. The summed E-state index contributed by atoms with van der Waals surface area (Å²) in [5.41, 5.74) is 0.786. The van der Waals surface area contributed by atoms with Crippen LogP contribution in [0.1, 0.15) is 11.5 Å². The minimum Gasteiger partial charge on any atom is -0.502 e. The van der Waals surface area contributed by atoms with Crippen molar-refractivity contribution in [3.05, 3.63) is 52.3 Å². The first-order valence-corrected chi connectivity index (χ1v) is 7.33. The average molecular weight is 301 g/mol. The van der Waals surface area contributed by atoms with Crippen molar-refractivity contribution in [2.75, 3.05) is 31.1 Å². The summed E-state index contributed by atoms with van der Waals surface area (Å²) in [5.74, 6) is 0.595. The third-order valence-corrected chi connectivity index (χ3v) is 3.88. The summed E-state index contributed by atoms with van der Waals surface area (Å²) < 4.78 is 5.49. The molecule has 3 rings (SSSR count). The summed E-state index contributed by atoms with van der Waals surface area (Å²) in [6.07, 6.45) is 3.59. The fraction of sp³-hybridized carbons (Fsp3) is 0.375. The molecule has 0 saturated carbocycles. The van der Waals surface area contributed by atoms with E-state index in [1.165, 1.54) is 11.8 Å². The van der Waals surface area contributed by atoms with E-state index >= 15 is 0 Å². The predicted octanol–water partition coefficient (Wildman–Crippen LogP) is 1.37. The van der Waals surface area contributed by atoms with E-state index in [1.807, 2.05) is 12.1 Å². The number of nitrogens with zero attached hydrogens (tertiary/aromatic N) is 3. The number of piperazine rings is 1. The first-order chi connectivity index (χ1) is 10.6. The Morgan fingerprint density at radius 1 is 1.23 bits per heavy atom. The highest BCUT2D eigenvalue weighted by Gasteiger charge is 2.20. The number of hydrogen-bond donors (Lipinski definition) is 1. The fourth-order valence-electron chi connectivity index (χ4n) is 2.69. The Hall–Kier alpha value is -2.34. The van der Waals surface area contributed by atoms with E-state index in [9.17, 15) is 9.90 Å². The molecule has 0 radical (unpaired) electrons. The van der Waals surface area contributed by atoms with E-state index in [1.54, 1.807) is 19.3 Å². The van der Waals surface area contributed by atoms with Gasteiger partial charge in [-0.25, -0.2) is 0 Å². The molecular weight excluding hydrogens is 282 g/mol. The lowest BCUT2D eigenvalue weighted by atomic mass is 10.2. The topological polar surface area (TPSA) is 69.8 Å². The highest BCUT2D eigenvalue weighted by atomic mass is 16.4. The van der Waals surface area contributed by atoms with E-state index in [0.717, 1.165) is 26.2 Å². The molecule has 0 aliphatic carbocycles. The van der Waals surface area contributed by atoms with Crippen LogP contribution in [-0.4, -0.2) is 41.2 Å². The second-order valence-electron chi connectivity index (χ2n) is 5.46. The summed E-state index contributed by atoms with van der Waals surface area (Å²) in [6.45, 7) is 5.64. The number of hydrogen-bond acceptors (Lipinski definition) is 6. The Balaban J connectivity index is 1.64. The minimum atomic E-state index is -0.380. The van der Waals surface area contributed by atoms with Crippen molar-refractivity contribution in [2.24, 2.45) is 0 Å². The van der Waals surface area contributed by atoms with Crippen LogP contribution in [0.2, 0.25) is 0 Å². The van der Waals surface area contributed by atoms with Gasteiger partial charge in [-0.1, -0.05) is 0 Å². The predicted molar refractivity (Wildman–Crippen MR) is 83.1 cm³/mol. The molecule has 1 saturated heterocycles. The Labute approximate surface area is 128 Å². The number of anilines is 1. The van der Waals surface area contributed by atoms with Crippen molar-refractivity contribution in [1.29, 1.82) is 0 Å². The van der Waals surface area contributed by atoms with Gasteiger partial charge in [0.1, 0.15) is 5.76 Å². The molecule has 0 unspecified atom stereocenters. The van der Waals surface area contributed by atoms with Gasteiger partial charge < -0.3 is 14.4 Å². The van der Waals surface area contributed by atoms with E-state index in [2.05, 4.69) is 14.8 Å². The largest absolute Gasteiger partial charge is 0.502 e. The van der Waals surface area contributed by atoms with Crippen molar-refractivity contribution < 1.29 is 9.52 Å². The lowest BCUT2D eigenvalue weighted by molar-refractivity contribution is 0.220. The van der Waals surface area contributed by atoms with Gasteiger partial charge in [0, 0.05) is 50.3 Å². The van der Waals surface area contributed by atoms with Gasteiger partial charge in [-0.3, -0.25) is 14.7 Å². The zero-order chi connectivity index (χ0) is 15.5. The van der Waals surface area contributed by atoms with Crippen LogP contribution in [-0.2, 0) is 6.54 Å². The molecule has 2 aromatic rings. The van der Waals surface area contributed by atoms with Gasteiger partial charge in [-0.2, -0.15) is 0 Å². The lowest BCUT2D eigenvalue weighted by Gasteiger charge is -2.35. The molecule has 0 atom stereocenters. The van der Waals surface area contributed by atoms with Gasteiger partial charge in [0.05, 0.1) is 6.54 Å². The lowest BCUT2D eigenvalue weighted by Crippen LogP contribution is -2.46. The summed E-state index contributed by atoms with van der Waals surface area (Å²) in [7, 11) is 0. The summed E-state index contributed by atoms with van der Waals surface area (Å²) in [6, 6.07) is 5.31. The van der Waals surface area contributed by atoms with Crippen LogP contribution >= 0.6 is 0 Å². The molecule has 1 aliphatic rings. The third kappa shape index (κ3) is 3.12. The SMILES string of the molecule is Cc1cc(=O)c(O)c(CN2CCN(c3ccncc3)CC2)o1. The van der Waals surface area contributed by atoms with Crippen LogP contribution in [0.3, 0.4) is 0 Å². The van der Waals surface area contributed by atoms with E-state index in [4.69, 9.17) is 4.42 Å². The van der Waals surface area contributed by atoms with E-state index in [0.29, 0.717) is 18.1 Å². The monoisotopic (exact) mass is 301 g/mol. The molecule has 1 aliphatic heterocycles. The van der Waals surface area contributed by atoms with Crippen LogP contribution in [0.15, 0.2) is 39.8 Å². The van der Waals surface area contributed by atoms with Crippen molar-refractivity contribution >= 4 is 5.69 Å². The number of aromatic nitrogens is 1. The molecular formula is C16H19N3O3. The van der Waals surface area contributed by atoms with E-state index in [-0.39, 0.29) is 11.2 Å². The molecule has 1 N–H and O–H groups in total. The second-order valence-corrected chi connectivity index (χ2v) is 5.46. The number of pyridine rings is 1. The molecule has 3 heterocycles. The molecule has 22 heavy (non-hydrogen) atoms. The van der Waals surface area contributed by atoms with Crippen LogP contribution in [0, 0.1) is 6.92 Å². The van der Waals surface area contributed by atoms with Crippen LogP contribution in [0.5, 0.6) is 5.75 Å². The Bertz CT molecular complexity index is 692. The zero-order valence-corrected chi connectivity index (χ0v) is 12.5. The first kappa shape index (κ1) is 14.6. The molecule has 6 nitrogen and oxygen atoms in total. The van der Waals surface area contributed by atoms with Gasteiger partial charge in [0.2, 0.25) is 11.2 Å². The number of aryl methyl sites for hydroxylation is 1. The molecule has 0 aromatic carbocycles. The zero-order valence-electron chi connectivity index (χ0n) is 12.5. The maximum absolute atomic E-state index is 11.6. The normalized spacial score (nSPS) is 16.0. The van der Waals surface area contributed by atoms with Crippen molar-refractivity contribution in [3.63, 3.8) is 0 Å². The molecule has 6 heteroatoms. The van der Waals surface area contributed by atoms with E-state index < -0.39 is 0 Å². The summed E-state index contributed by atoms with van der Waals surface area (Å²) in [5, 5.41) is 9.83. The number of aromatic hydroxyl groups is 1. The number of rotatable bonds is 3.